The first-order valence-corrected chi connectivity index (χ1v) is 12.6. The molecule has 5 rings (SSSR count). The van der Waals surface area contributed by atoms with Crippen molar-refractivity contribution in [3.8, 4) is 0 Å². The SMILES string of the molecule is Cc1ccc(NC(=O)c2ccc(CN3C(=O)c4ccc(NC(=O)c5cccnc5)cc4NC(=O)[C@H]3C)cc2)nc1. The normalized spacial score (nSPS) is 14.6. The molecular formula is C30H26N6O4. The van der Waals surface area contributed by atoms with Gasteiger partial charge in [0.05, 0.1) is 16.8 Å². The van der Waals surface area contributed by atoms with Gasteiger partial charge in [-0.25, -0.2) is 4.98 Å². The third-order valence-corrected chi connectivity index (χ3v) is 6.52. The van der Waals surface area contributed by atoms with Crippen molar-refractivity contribution in [2.24, 2.45) is 0 Å². The lowest BCUT2D eigenvalue weighted by molar-refractivity contribution is -0.120. The molecule has 1 aliphatic heterocycles. The molecule has 0 fully saturated rings. The summed E-state index contributed by atoms with van der Waals surface area (Å²) >= 11 is 0. The van der Waals surface area contributed by atoms with E-state index in [0.29, 0.717) is 33.9 Å². The van der Waals surface area contributed by atoms with Crippen LogP contribution in [0, 0.1) is 6.92 Å². The number of rotatable bonds is 6. The number of nitrogens with zero attached hydrogens (tertiary/aromatic N) is 3. The predicted molar refractivity (Wildman–Crippen MR) is 150 cm³/mol. The number of benzene rings is 2. The number of carbonyl (C=O) groups excluding carboxylic acids is 4. The van der Waals surface area contributed by atoms with Gasteiger partial charge in [0.1, 0.15) is 11.9 Å². The maximum atomic E-state index is 13.5. The zero-order valence-corrected chi connectivity index (χ0v) is 21.8. The van der Waals surface area contributed by atoms with Crippen LogP contribution in [-0.4, -0.2) is 44.5 Å². The van der Waals surface area contributed by atoms with E-state index in [1.54, 1.807) is 80.0 Å². The largest absolute Gasteiger partial charge is 0.323 e. The minimum absolute atomic E-state index is 0.160. The van der Waals surface area contributed by atoms with Gasteiger partial charge in [0.25, 0.3) is 17.7 Å². The molecule has 0 spiro atoms. The topological polar surface area (TPSA) is 133 Å². The summed E-state index contributed by atoms with van der Waals surface area (Å²) in [5.74, 6) is -0.903. The van der Waals surface area contributed by atoms with Crippen LogP contribution in [0.5, 0.6) is 0 Å². The molecule has 2 aromatic heterocycles. The molecule has 40 heavy (non-hydrogen) atoms. The molecule has 0 aliphatic carbocycles. The predicted octanol–water partition coefficient (Wildman–Crippen LogP) is 4.27. The first-order chi connectivity index (χ1) is 19.3. The minimum Gasteiger partial charge on any atom is -0.323 e. The average Bonchev–Trinajstić information content (AvgIpc) is 3.05. The van der Waals surface area contributed by atoms with Gasteiger partial charge in [-0.05, 0) is 73.5 Å². The molecule has 0 bridgehead atoms. The second-order valence-electron chi connectivity index (χ2n) is 9.43. The standard InChI is InChI=1S/C30H26N6O4/c1-18-5-12-26(32-15-18)35-28(38)21-8-6-20(7-9-21)17-36-19(2)27(37)34-25-14-23(10-11-24(25)30(36)40)33-29(39)22-4-3-13-31-16-22/h3-16,19H,17H2,1-2H3,(H,33,39)(H,34,37)(H,32,35,38)/t19-/m1/s1. The van der Waals surface area contributed by atoms with Crippen LogP contribution in [0.3, 0.4) is 0 Å². The second kappa shape index (κ2) is 11.2. The van der Waals surface area contributed by atoms with E-state index in [-0.39, 0.29) is 30.2 Å². The van der Waals surface area contributed by atoms with Gasteiger partial charge in [0, 0.05) is 36.4 Å². The van der Waals surface area contributed by atoms with E-state index in [0.717, 1.165) is 11.1 Å². The molecule has 2 aromatic carbocycles. The highest BCUT2D eigenvalue weighted by Crippen LogP contribution is 2.28. The van der Waals surface area contributed by atoms with Crippen molar-refractivity contribution >= 4 is 40.8 Å². The van der Waals surface area contributed by atoms with Crippen molar-refractivity contribution in [1.29, 1.82) is 0 Å². The maximum absolute atomic E-state index is 13.5. The van der Waals surface area contributed by atoms with Crippen LogP contribution in [0.25, 0.3) is 0 Å². The quantitative estimate of drug-likeness (QED) is 0.338. The highest BCUT2D eigenvalue weighted by molar-refractivity contribution is 6.11. The molecule has 1 aliphatic rings. The van der Waals surface area contributed by atoms with Gasteiger partial charge < -0.3 is 20.9 Å². The zero-order valence-electron chi connectivity index (χ0n) is 21.8. The van der Waals surface area contributed by atoms with Gasteiger partial charge in [-0.1, -0.05) is 18.2 Å². The Kier molecular flexibility index (Phi) is 7.32. The van der Waals surface area contributed by atoms with Crippen molar-refractivity contribution in [3.63, 3.8) is 0 Å². The number of aromatic nitrogens is 2. The van der Waals surface area contributed by atoms with E-state index in [9.17, 15) is 19.2 Å². The summed E-state index contributed by atoms with van der Waals surface area (Å²) in [7, 11) is 0. The Hall–Kier alpha value is -5.38. The molecule has 0 unspecified atom stereocenters. The lowest BCUT2D eigenvalue weighted by Crippen LogP contribution is -2.42. The molecular weight excluding hydrogens is 508 g/mol. The highest BCUT2D eigenvalue weighted by atomic mass is 16.2. The van der Waals surface area contributed by atoms with E-state index in [4.69, 9.17) is 0 Å². The van der Waals surface area contributed by atoms with Crippen molar-refractivity contribution in [1.82, 2.24) is 14.9 Å². The first-order valence-electron chi connectivity index (χ1n) is 12.6. The van der Waals surface area contributed by atoms with Gasteiger partial charge in [0.15, 0.2) is 0 Å². The summed E-state index contributed by atoms with van der Waals surface area (Å²) in [6, 6.07) is 17.7. The number of fused-ring (bicyclic) bond motifs is 1. The van der Waals surface area contributed by atoms with Crippen LogP contribution < -0.4 is 16.0 Å². The lowest BCUT2D eigenvalue weighted by atomic mass is 10.1. The van der Waals surface area contributed by atoms with Crippen LogP contribution in [0.1, 0.15) is 49.1 Å². The molecule has 3 N–H and O–H groups in total. The Labute approximate surface area is 230 Å². The lowest BCUT2D eigenvalue weighted by Gasteiger charge is -2.26. The van der Waals surface area contributed by atoms with Gasteiger partial charge in [-0.3, -0.25) is 24.2 Å². The fourth-order valence-electron chi connectivity index (χ4n) is 4.22. The van der Waals surface area contributed by atoms with Gasteiger partial charge in [0.2, 0.25) is 5.91 Å². The van der Waals surface area contributed by atoms with Crippen LogP contribution in [0.4, 0.5) is 17.2 Å². The van der Waals surface area contributed by atoms with Crippen molar-refractivity contribution in [2.75, 3.05) is 16.0 Å². The molecule has 10 nitrogen and oxygen atoms in total. The summed E-state index contributed by atoms with van der Waals surface area (Å²) in [4.78, 5) is 61.2. The summed E-state index contributed by atoms with van der Waals surface area (Å²) in [5, 5.41) is 8.31. The van der Waals surface area contributed by atoms with E-state index in [1.165, 1.54) is 11.1 Å². The molecule has 0 radical (unpaired) electrons. The summed E-state index contributed by atoms with van der Waals surface area (Å²) < 4.78 is 0. The Morgan fingerprint density at radius 3 is 2.40 bits per heavy atom. The number of carbonyl (C=O) groups is 4. The van der Waals surface area contributed by atoms with Crippen molar-refractivity contribution in [3.05, 3.63) is 113 Å². The van der Waals surface area contributed by atoms with Crippen LogP contribution in [0.15, 0.2) is 85.3 Å². The summed E-state index contributed by atoms with van der Waals surface area (Å²) in [6.45, 7) is 3.73. The molecule has 4 aromatic rings. The van der Waals surface area contributed by atoms with E-state index in [1.807, 2.05) is 13.0 Å². The molecule has 200 valence electrons. The molecule has 4 amide bonds. The minimum atomic E-state index is -0.760. The smallest absolute Gasteiger partial charge is 0.257 e. The fourth-order valence-corrected chi connectivity index (χ4v) is 4.22. The monoisotopic (exact) mass is 534 g/mol. The van der Waals surface area contributed by atoms with Crippen LogP contribution in [-0.2, 0) is 11.3 Å². The number of hydrogen-bond donors (Lipinski definition) is 3. The molecule has 1 atom stereocenters. The van der Waals surface area contributed by atoms with Crippen molar-refractivity contribution < 1.29 is 19.2 Å². The Bertz CT molecular complexity index is 1590. The number of amides is 4. The first kappa shape index (κ1) is 26.2. The molecule has 10 heteroatoms. The van der Waals surface area contributed by atoms with E-state index < -0.39 is 6.04 Å². The van der Waals surface area contributed by atoms with E-state index >= 15 is 0 Å². The van der Waals surface area contributed by atoms with Crippen LogP contribution in [0.2, 0.25) is 0 Å². The van der Waals surface area contributed by atoms with Crippen molar-refractivity contribution in [2.45, 2.75) is 26.4 Å². The number of nitrogens with one attached hydrogen (secondary N) is 3. The number of hydrogen-bond acceptors (Lipinski definition) is 6. The highest BCUT2D eigenvalue weighted by Gasteiger charge is 2.32. The molecule has 0 saturated carbocycles. The Balaban J connectivity index is 1.30. The molecule has 3 heterocycles. The number of pyridine rings is 2. The Morgan fingerprint density at radius 1 is 0.925 bits per heavy atom. The van der Waals surface area contributed by atoms with Crippen LogP contribution >= 0.6 is 0 Å². The Morgan fingerprint density at radius 2 is 1.70 bits per heavy atom. The summed E-state index contributed by atoms with van der Waals surface area (Å²) in [5.41, 5.74) is 3.60. The number of anilines is 3. The van der Waals surface area contributed by atoms with E-state index in [2.05, 4.69) is 25.9 Å². The second-order valence-corrected chi connectivity index (χ2v) is 9.43. The third kappa shape index (κ3) is 5.70. The maximum Gasteiger partial charge on any atom is 0.257 e. The average molecular weight is 535 g/mol. The van der Waals surface area contributed by atoms with Gasteiger partial charge >= 0.3 is 0 Å². The fraction of sp³-hybridized carbons (Fsp3) is 0.133. The number of aryl methyl sites for hydroxylation is 1. The van der Waals surface area contributed by atoms with Gasteiger partial charge in [-0.2, -0.15) is 0 Å². The molecule has 0 saturated heterocycles. The third-order valence-electron chi connectivity index (χ3n) is 6.52. The van der Waals surface area contributed by atoms with Gasteiger partial charge in [-0.15, -0.1) is 0 Å². The summed E-state index contributed by atoms with van der Waals surface area (Å²) in [6.07, 6.45) is 4.69. The zero-order chi connectivity index (χ0) is 28.2.